The van der Waals surface area contributed by atoms with Crippen LogP contribution in [0.3, 0.4) is 0 Å². The summed E-state index contributed by atoms with van der Waals surface area (Å²) in [5.41, 5.74) is 1.63. The minimum absolute atomic E-state index is 0.247. The highest BCUT2D eigenvalue weighted by atomic mass is 32.2. The van der Waals surface area contributed by atoms with Gasteiger partial charge in [0.2, 0.25) is 11.7 Å². The SMILES string of the molecule is CCNC1CSCC1c1nc(-c2ccc(F)cc2C)no1. The summed E-state index contributed by atoms with van der Waals surface area (Å²) < 4.78 is 18.6. The van der Waals surface area contributed by atoms with E-state index in [9.17, 15) is 4.39 Å². The van der Waals surface area contributed by atoms with Crippen LogP contribution in [0, 0.1) is 12.7 Å². The van der Waals surface area contributed by atoms with Gasteiger partial charge in [0.15, 0.2) is 0 Å². The molecule has 1 aliphatic heterocycles. The molecule has 2 aromatic rings. The van der Waals surface area contributed by atoms with Crippen LogP contribution in [0.2, 0.25) is 0 Å². The van der Waals surface area contributed by atoms with Gasteiger partial charge in [-0.2, -0.15) is 16.7 Å². The number of nitrogens with one attached hydrogen (secondary N) is 1. The first-order valence-electron chi connectivity index (χ1n) is 7.10. The number of hydrogen-bond donors (Lipinski definition) is 1. The first-order chi connectivity index (χ1) is 10.2. The monoisotopic (exact) mass is 307 g/mol. The molecule has 1 aliphatic rings. The van der Waals surface area contributed by atoms with Gasteiger partial charge in [-0.25, -0.2) is 4.39 Å². The quantitative estimate of drug-likeness (QED) is 0.941. The van der Waals surface area contributed by atoms with Crippen molar-refractivity contribution in [1.29, 1.82) is 0 Å². The second-order valence-corrected chi connectivity index (χ2v) is 6.30. The van der Waals surface area contributed by atoms with E-state index in [2.05, 4.69) is 22.4 Å². The van der Waals surface area contributed by atoms with Gasteiger partial charge in [0.05, 0.1) is 5.92 Å². The highest BCUT2D eigenvalue weighted by Crippen LogP contribution is 2.33. The maximum Gasteiger partial charge on any atom is 0.232 e. The number of likely N-dealkylation sites (N-methyl/N-ethyl adjacent to an activating group) is 1. The standard InChI is InChI=1S/C15H18FN3OS/c1-3-17-13-8-21-7-12(13)15-18-14(19-20-15)11-5-4-10(16)6-9(11)2/h4-6,12-13,17H,3,7-8H2,1-2H3. The molecule has 0 bridgehead atoms. The van der Waals surface area contributed by atoms with E-state index in [1.165, 1.54) is 12.1 Å². The topological polar surface area (TPSA) is 51.0 Å². The first-order valence-corrected chi connectivity index (χ1v) is 8.25. The summed E-state index contributed by atoms with van der Waals surface area (Å²) in [4.78, 5) is 4.53. The smallest absolute Gasteiger partial charge is 0.232 e. The van der Waals surface area contributed by atoms with Gasteiger partial charge in [-0.3, -0.25) is 0 Å². The van der Waals surface area contributed by atoms with E-state index in [1.807, 2.05) is 18.7 Å². The van der Waals surface area contributed by atoms with Gasteiger partial charge in [-0.15, -0.1) is 0 Å². The van der Waals surface area contributed by atoms with Crippen LogP contribution in [0.4, 0.5) is 4.39 Å². The molecule has 21 heavy (non-hydrogen) atoms. The number of rotatable bonds is 4. The molecule has 0 aliphatic carbocycles. The third-order valence-corrected chi connectivity index (χ3v) is 4.92. The van der Waals surface area contributed by atoms with Crippen LogP contribution in [0.1, 0.15) is 24.3 Å². The van der Waals surface area contributed by atoms with Crippen molar-refractivity contribution in [2.24, 2.45) is 0 Å². The Balaban J connectivity index is 1.86. The van der Waals surface area contributed by atoms with Crippen LogP contribution < -0.4 is 5.32 Å². The van der Waals surface area contributed by atoms with Gasteiger partial charge in [-0.05, 0) is 37.2 Å². The molecule has 6 heteroatoms. The predicted octanol–water partition coefficient (Wildman–Crippen LogP) is 2.99. The number of aromatic nitrogens is 2. The predicted molar refractivity (Wildman–Crippen MR) is 82.0 cm³/mol. The molecule has 1 saturated heterocycles. The van der Waals surface area contributed by atoms with Crippen LogP contribution in [0.5, 0.6) is 0 Å². The fourth-order valence-electron chi connectivity index (χ4n) is 2.63. The number of nitrogens with zero attached hydrogens (tertiary/aromatic N) is 2. The summed E-state index contributed by atoms with van der Waals surface area (Å²) >= 11 is 1.90. The van der Waals surface area contributed by atoms with Crippen molar-refractivity contribution in [1.82, 2.24) is 15.5 Å². The molecule has 2 heterocycles. The fraction of sp³-hybridized carbons (Fsp3) is 0.467. The van der Waals surface area contributed by atoms with Crippen molar-refractivity contribution in [3.05, 3.63) is 35.5 Å². The lowest BCUT2D eigenvalue weighted by atomic mass is 10.0. The molecule has 1 aromatic carbocycles. The second-order valence-electron chi connectivity index (χ2n) is 5.22. The maximum absolute atomic E-state index is 13.2. The molecule has 1 N–H and O–H groups in total. The number of aryl methyl sites for hydroxylation is 1. The van der Waals surface area contributed by atoms with Crippen molar-refractivity contribution in [2.45, 2.75) is 25.8 Å². The third kappa shape index (κ3) is 2.96. The van der Waals surface area contributed by atoms with Crippen molar-refractivity contribution >= 4 is 11.8 Å². The van der Waals surface area contributed by atoms with Crippen LogP contribution >= 0.6 is 11.8 Å². The highest BCUT2D eigenvalue weighted by Gasteiger charge is 2.33. The number of thioether (sulfide) groups is 1. The maximum atomic E-state index is 13.2. The second kappa shape index (κ2) is 6.15. The number of hydrogen-bond acceptors (Lipinski definition) is 5. The molecule has 0 spiro atoms. The van der Waals surface area contributed by atoms with Gasteiger partial charge in [0.1, 0.15) is 5.82 Å². The molecule has 2 unspecified atom stereocenters. The lowest BCUT2D eigenvalue weighted by molar-refractivity contribution is 0.340. The average molecular weight is 307 g/mol. The Morgan fingerprint density at radius 1 is 1.43 bits per heavy atom. The Hall–Kier alpha value is -1.40. The van der Waals surface area contributed by atoms with Gasteiger partial charge in [0, 0.05) is 23.1 Å². The molecular formula is C15H18FN3OS. The van der Waals surface area contributed by atoms with Gasteiger partial charge in [-0.1, -0.05) is 12.1 Å². The first kappa shape index (κ1) is 14.5. The van der Waals surface area contributed by atoms with Crippen molar-refractivity contribution < 1.29 is 8.91 Å². The van der Waals surface area contributed by atoms with E-state index in [1.54, 1.807) is 6.07 Å². The molecular weight excluding hydrogens is 289 g/mol. The van der Waals surface area contributed by atoms with E-state index in [-0.39, 0.29) is 11.7 Å². The van der Waals surface area contributed by atoms with E-state index in [0.717, 1.165) is 29.2 Å². The third-order valence-electron chi connectivity index (χ3n) is 3.74. The Morgan fingerprint density at radius 2 is 2.29 bits per heavy atom. The van der Waals surface area contributed by atoms with Crippen molar-refractivity contribution in [3.63, 3.8) is 0 Å². The zero-order valence-corrected chi connectivity index (χ0v) is 12.9. The molecule has 1 aromatic heterocycles. The summed E-state index contributed by atoms with van der Waals surface area (Å²) in [5.74, 6) is 3.25. The highest BCUT2D eigenvalue weighted by molar-refractivity contribution is 7.99. The molecule has 0 radical (unpaired) electrons. The Kier molecular flexibility index (Phi) is 4.26. The van der Waals surface area contributed by atoms with E-state index in [0.29, 0.717) is 17.8 Å². The molecule has 3 rings (SSSR count). The Bertz CT molecular complexity index is 631. The van der Waals surface area contributed by atoms with Crippen LogP contribution in [-0.2, 0) is 0 Å². The molecule has 0 amide bonds. The minimum Gasteiger partial charge on any atom is -0.339 e. The van der Waals surface area contributed by atoms with Gasteiger partial charge in [0.25, 0.3) is 0 Å². The van der Waals surface area contributed by atoms with Crippen LogP contribution in [0.15, 0.2) is 22.7 Å². The summed E-state index contributed by atoms with van der Waals surface area (Å²) in [6.45, 7) is 4.88. The minimum atomic E-state index is -0.251. The molecule has 112 valence electrons. The lowest BCUT2D eigenvalue weighted by Crippen LogP contribution is -2.34. The summed E-state index contributed by atoms with van der Waals surface area (Å²) in [6, 6.07) is 4.98. The normalized spacial score (nSPS) is 21.9. The summed E-state index contributed by atoms with van der Waals surface area (Å²) in [6.07, 6.45) is 0. The average Bonchev–Trinajstić information content (AvgIpc) is 3.07. The van der Waals surface area contributed by atoms with Crippen molar-refractivity contribution in [2.75, 3.05) is 18.1 Å². The van der Waals surface area contributed by atoms with Gasteiger partial charge < -0.3 is 9.84 Å². The van der Waals surface area contributed by atoms with Crippen molar-refractivity contribution in [3.8, 4) is 11.4 Å². The largest absolute Gasteiger partial charge is 0.339 e. The Labute approximate surface area is 127 Å². The van der Waals surface area contributed by atoms with E-state index in [4.69, 9.17) is 4.52 Å². The molecule has 2 atom stereocenters. The van der Waals surface area contributed by atoms with E-state index < -0.39 is 0 Å². The molecule has 0 saturated carbocycles. The summed E-state index contributed by atoms with van der Waals surface area (Å²) in [7, 11) is 0. The van der Waals surface area contributed by atoms with Crippen LogP contribution in [0.25, 0.3) is 11.4 Å². The van der Waals surface area contributed by atoms with Gasteiger partial charge >= 0.3 is 0 Å². The lowest BCUT2D eigenvalue weighted by Gasteiger charge is -2.15. The summed E-state index contributed by atoms with van der Waals surface area (Å²) in [5, 5.41) is 7.53. The fourth-order valence-corrected chi connectivity index (χ4v) is 4.00. The zero-order chi connectivity index (χ0) is 14.8. The van der Waals surface area contributed by atoms with Crippen LogP contribution in [-0.4, -0.2) is 34.2 Å². The van der Waals surface area contributed by atoms with E-state index >= 15 is 0 Å². The Morgan fingerprint density at radius 3 is 3.05 bits per heavy atom. The number of halogens is 1. The number of benzene rings is 1. The molecule has 4 nitrogen and oxygen atoms in total. The molecule has 1 fully saturated rings. The zero-order valence-electron chi connectivity index (χ0n) is 12.1.